The van der Waals surface area contributed by atoms with Gasteiger partial charge in [0.15, 0.2) is 0 Å². The lowest BCUT2D eigenvalue weighted by atomic mass is 9.99. The predicted molar refractivity (Wildman–Crippen MR) is 101 cm³/mol. The number of benzene rings is 3. The average Bonchev–Trinajstić information content (AvgIpc) is 2.91. The van der Waals surface area contributed by atoms with Crippen LogP contribution in [0.25, 0.3) is 11.1 Å². The van der Waals surface area contributed by atoms with Crippen molar-refractivity contribution in [3.8, 4) is 23.0 Å². The highest BCUT2D eigenvalue weighted by molar-refractivity contribution is 6.21. The van der Waals surface area contributed by atoms with Gasteiger partial charge in [-0.05, 0) is 47.5 Å². The second-order valence-corrected chi connectivity index (χ2v) is 6.13. The van der Waals surface area contributed by atoms with E-state index in [0.717, 1.165) is 27.2 Å². The van der Waals surface area contributed by atoms with E-state index in [1.54, 1.807) is 12.1 Å². The van der Waals surface area contributed by atoms with Crippen molar-refractivity contribution >= 4 is 11.8 Å². The van der Waals surface area contributed by atoms with Crippen LogP contribution in [-0.2, 0) is 0 Å². The van der Waals surface area contributed by atoms with Crippen LogP contribution in [0.1, 0.15) is 31.8 Å². The predicted octanol–water partition coefficient (Wildman–Crippen LogP) is 3.98. The number of hydrogen-bond acceptors (Lipinski definition) is 2. The van der Waals surface area contributed by atoms with Crippen molar-refractivity contribution in [1.82, 2.24) is 4.90 Å². The highest BCUT2D eigenvalue weighted by Crippen LogP contribution is 2.28. The molecule has 4 rings (SSSR count). The van der Waals surface area contributed by atoms with Gasteiger partial charge in [-0.15, -0.1) is 0 Å². The summed E-state index contributed by atoms with van der Waals surface area (Å²) in [6.45, 7) is 0. The molecule has 0 bridgehead atoms. The summed E-state index contributed by atoms with van der Waals surface area (Å²) < 4.78 is 0. The fourth-order valence-corrected chi connectivity index (χ4v) is 2.98. The molecule has 3 aromatic rings. The normalized spacial score (nSPS) is 12.6. The number of carbonyl (C=O) groups is 2. The van der Waals surface area contributed by atoms with Crippen LogP contribution in [0, 0.1) is 11.8 Å². The summed E-state index contributed by atoms with van der Waals surface area (Å²) in [4.78, 5) is 25.4. The Bertz CT molecular complexity index is 1090. The number of rotatable bonds is 1. The Morgan fingerprint density at radius 1 is 0.654 bits per heavy atom. The van der Waals surface area contributed by atoms with Gasteiger partial charge in [0.1, 0.15) is 0 Å². The van der Waals surface area contributed by atoms with Gasteiger partial charge in [-0.2, -0.15) is 0 Å². The fraction of sp³-hybridized carbons (Fsp3) is 0.0435. The Balaban J connectivity index is 1.69. The van der Waals surface area contributed by atoms with Crippen LogP contribution in [-0.4, -0.2) is 23.8 Å². The Morgan fingerprint density at radius 3 is 2.12 bits per heavy atom. The Labute approximate surface area is 151 Å². The molecule has 2 amide bonds. The molecular weight excluding hydrogens is 322 g/mol. The van der Waals surface area contributed by atoms with Crippen molar-refractivity contribution < 1.29 is 9.59 Å². The average molecular weight is 337 g/mol. The molecule has 3 heteroatoms. The minimum absolute atomic E-state index is 0.251. The first-order chi connectivity index (χ1) is 12.6. The highest BCUT2D eigenvalue weighted by Gasteiger charge is 2.32. The molecule has 3 nitrogen and oxygen atoms in total. The van der Waals surface area contributed by atoms with Crippen molar-refractivity contribution in [1.29, 1.82) is 0 Å². The number of imide groups is 1. The van der Waals surface area contributed by atoms with Gasteiger partial charge in [0.25, 0.3) is 11.8 Å². The van der Waals surface area contributed by atoms with Gasteiger partial charge in [-0.25, -0.2) is 0 Å². The first-order valence-corrected chi connectivity index (χ1v) is 8.27. The van der Waals surface area contributed by atoms with E-state index in [1.807, 2.05) is 60.7 Å². The molecule has 1 aliphatic rings. The molecule has 0 saturated carbocycles. The van der Waals surface area contributed by atoms with Crippen LogP contribution < -0.4 is 0 Å². The van der Waals surface area contributed by atoms with Crippen molar-refractivity contribution in [2.75, 3.05) is 7.05 Å². The zero-order valence-corrected chi connectivity index (χ0v) is 14.2. The number of carbonyl (C=O) groups excluding carboxylic acids is 2. The standard InChI is InChI=1S/C23H15NO2/c1-24-22(25)20-13-12-19(15-21(20)23(24)26)18-9-5-8-17(14-18)11-10-16-6-3-2-4-7-16/h2-9,12-15H,1H3. The highest BCUT2D eigenvalue weighted by atomic mass is 16.2. The molecule has 1 aliphatic heterocycles. The first kappa shape index (κ1) is 15.9. The van der Waals surface area contributed by atoms with Crippen LogP contribution in [0.4, 0.5) is 0 Å². The minimum Gasteiger partial charge on any atom is -0.277 e. The summed E-state index contributed by atoms with van der Waals surface area (Å²) in [7, 11) is 1.50. The van der Waals surface area contributed by atoms with Crippen LogP contribution in [0.15, 0.2) is 72.8 Å². The molecule has 0 aliphatic carbocycles. The quantitative estimate of drug-likeness (QED) is 0.497. The molecule has 0 fully saturated rings. The maximum Gasteiger partial charge on any atom is 0.261 e. The van der Waals surface area contributed by atoms with Crippen molar-refractivity contribution in [3.05, 3.63) is 95.1 Å². The van der Waals surface area contributed by atoms with Gasteiger partial charge < -0.3 is 0 Å². The Kier molecular flexibility index (Phi) is 3.87. The SMILES string of the molecule is CN1C(=O)c2ccc(-c3cccc(C#Cc4ccccc4)c3)cc2C1=O. The molecule has 0 spiro atoms. The van der Waals surface area contributed by atoms with Crippen molar-refractivity contribution in [3.63, 3.8) is 0 Å². The Hall–Kier alpha value is -3.64. The Morgan fingerprint density at radius 2 is 1.31 bits per heavy atom. The second kappa shape index (κ2) is 6.34. The zero-order valence-electron chi connectivity index (χ0n) is 14.2. The third-order valence-corrected chi connectivity index (χ3v) is 4.41. The number of nitrogens with zero attached hydrogens (tertiary/aromatic N) is 1. The lowest BCUT2D eigenvalue weighted by Gasteiger charge is -2.04. The van der Waals surface area contributed by atoms with E-state index in [1.165, 1.54) is 7.05 Å². The van der Waals surface area contributed by atoms with Gasteiger partial charge in [0.2, 0.25) is 0 Å². The minimum atomic E-state index is -0.258. The molecule has 3 aromatic carbocycles. The van der Waals surface area contributed by atoms with E-state index < -0.39 is 0 Å². The summed E-state index contributed by atoms with van der Waals surface area (Å²) in [5.74, 6) is 5.80. The van der Waals surface area contributed by atoms with Crippen LogP contribution in [0.3, 0.4) is 0 Å². The summed E-state index contributed by atoms with van der Waals surface area (Å²) in [6.07, 6.45) is 0. The van der Waals surface area contributed by atoms with Gasteiger partial charge >= 0.3 is 0 Å². The molecule has 0 saturated heterocycles. The fourth-order valence-electron chi connectivity index (χ4n) is 2.98. The third kappa shape index (κ3) is 2.78. The number of amides is 2. The molecule has 124 valence electrons. The van der Waals surface area contributed by atoms with Crippen LogP contribution in [0.2, 0.25) is 0 Å². The van der Waals surface area contributed by atoms with E-state index in [0.29, 0.717) is 11.1 Å². The zero-order chi connectivity index (χ0) is 18.1. The van der Waals surface area contributed by atoms with Gasteiger partial charge in [-0.3, -0.25) is 14.5 Å². The van der Waals surface area contributed by atoms with Gasteiger partial charge in [-0.1, -0.05) is 48.2 Å². The lowest BCUT2D eigenvalue weighted by Crippen LogP contribution is -2.24. The molecule has 0 radical (unpaired) electrons. The van der Waals surface area contributed by atoms with Crippen molar-refractivity contribution in [2.24, 2.45) is 0 Å². The summed E-state index contributed by atoms with van der Waals surface area (Å²) in [5.41, 5.74) is 4.62. The summed E-state index contributed by atoms with van der Waals surface area (Å²) >= 11 is 0. The summed E-state index contributed by atoms with van der Waals surface area (Å²) in [6, 6.07) is 23.0. The van der Waals surface area contributed by atoms with E-state index in [9.17, 15) is 9.59 Å². The maximum atomic E-state index is 12.2. The van der Waals surface area contributed by atoms with E-state index in [4.69, 9.17) is 0 Å². The van der Waals surface area contributed by atoms with Gasteiger partial charge in [0, 0.05) is 18.2 Å². The van der Waals surface area contributed by atoms with E-state index in [-0.39, 0.29) is 11.8 Å². The maximum absolute atomic E-state index is 12.2. The van der Waals surface area contributed by atoms with Crippen LogP contribution in [0.5, 0.6) is 0 Å². The molecule has 0 aromatic heterocycles. The topological polar surface area (TPSA) is 37.4 Å². The molecule has 0 unspecified atom stereocenters. The third-order valence-electron chi connectivity index (χ3n) is 4.41. The van der Waals surface area contributed by atoms with Crippen molar-refractivity contribution in [2.45, 2.75) is 0 Å². The second-order valence-electron chi connectivity index (χ2n) is 6.13. The van der Waals surface area contributed by atoms with E-state index in [2.05, 4.69) is 11.8 Å². The monoisotopic (exact) mass is 337 g/mol. The molecule has 0 atom stereocenters. The number of fused-ring (bicyclic) bond motifs is 1. The molecule has 26 heavy (non-hydrogen) atoms. The molecular formula is C23H15NO2. The summed E-state index contributed by atoms with van der Waals surface area (Å²) in [5, 5.41) is 0. The van der Waals surface area contributed by atoms with Gasteiger partial charge in [0.05, 0.1) is 11.1 Å². The molecule has 0 N–H and O–H groups in total. The number of hydrogen-bond donors (Lipinski definition) is 0. The largest absolute Gasteiger partial charge is 0.277 e. The van der Waals surface area contributed by atoms with Crippen LogP contribution >= 0.6 is 0 Å². The first-order valence-electron chi connectivity index (χ1n) is 8.27. The van der Waals surface area contributed by atoms with E-state index >= 15 is 0 Å². The lowest BCUT2D eigenvalue weighted by molar-refractivity contribution is 0.0693. The molecule has 1 heterocycles. The smallest absolute Gasteiger partial charge is 0.261 e.